The number of benzene rings is 2. The Bertz CT molecular complexity index is 1120. The maximum Gasteiger partial charge on any atom is 0.240 e. The molecule has 1 aromatic heterocycles. The molecule has 0 saturated heterocycles. The lowest BCUT2D eigenvalue weighted by Crippen LogP contribution is -2.29. The van der Waals surface area contributed by atoms with E-state index in [1.165, 1.54) is 0 Å². The minimum absolute atomic E-state index is 0.191. The molecule has 1 heterocycles. The van der Waals surface area contributed by atoms with E-state index in [2.05, 4.69) is 21.1 Å². The van der Waals surface area contributed by atoms with Gasteiger partial charge in [0.25, 0.3) is 0 Å². The summed E-state index contributed by atoms with van der Waals surface area (Å²) in [4.78, 5) is 4.61. The lowest BCUT2D eigenvalue weighted by Gasteiger charge is -2.14. The Balaban J connectivity index is 1.78. The van der Waals surface area contributed by atoms with Crippen LogP contribution >= 0.6 is 0 Å². The molecule has 0 saturated carbocycles. The van der Waals surface area contributed by atoms with Crippen LogP contribution in [0.1, 0.15) is 16.7 Å². The quantitative estimate of drug-likeness (QED) is 0.641. The van der Waals surface area contributed by atoms with Gasteiger partial charge in [0.1, 0.15) is 6.07 Å². The Kier molecular flexibility index (Phi) is 5.40. The summed E-state index contributed by atoms with van der Waals surface area (Å²) >= 11 is 0. The predicted molar refractivity (Wildman–Crippen MR) is 106 cm³/mol. The van der Waals surface area contributed by atoms with E-state index in [-0.39, 0.29) is 11.4 Å². The van der Waals surface area contributed by atoms with Crippen LogP contribution in [-0.2, 0) is 10.0 Å². The molecule has 138 valence electrons. The Morgan fingerprint density at radius 1 is 1.11 bits per heavy atom. The maximum atomic E-state index is 12.3. The molecule has 6 nitrogen and oxygen atoms in total. The van der Waals surface area contributed by atoms with Crippen molar-refractivity contribution in [2.75, 3.05) is 18.4 Å². The van der Waals surface area contributed by atoms with Gasteiger partial charge in [-0.05, 0) is 37.6 Å². The molecule has 0 fully saturated rings. The van der Waals surface area contributed by atoms with Crippen LogP contribution in [0, 0.1) is 25.2 Å². The molecule has 0 unspecified atom stereocenters. The monoisotopic (exact) mass is 380 g/mol. The second-order valence-electron chi connectivity index (χ2n) is 6.27. The zero-order valence-corrected chi connectivity index (χ0v) is 16.0. The Hall–Kier alpha value is -2.95. The molecule has 0 atom stereocenters. The number of nitriles is 1. The van der Waals surface area contributed by atoms with E-state index < -0.39 is 10.0 Å². The summed E-state index contributed by atoms with van der Waals surface area (Å²) < 4.78 is 27.1. The zero-order chi connectivity index (χ0) is 19.4. The highest BCUT2D eigenvalue weighted by Crippen LogP contribution is 2.28. The first-order valence-electron chi connectivity index (χ1n) is 8.51. The highest BCUT2D eigenvalue weighted by atomic mass is 32.2. The average molecular weight is 380 g/mol. The van der Waals surface area contributed by atoms with Gasteiger partial charge >= 0.3 is 0 Å². The SMILES string of the molecule is Cc1cc(C)c2ncc(C#N)c(NCCNS(=O)(=O)c3ccccc3)c2c1. The van der Waals surface area contributed by atoms with Gasteiger partial charge in [-0.3, -0.25) is 4.98 Å². The molecule has 0 spiro atoms. The number of nitrogens with zero attached hydrogens (tertiary/aromatic N) is 2. The Labute approximate surface area is 158 Å². The van der Waals surface area contributed by atoms with Crippen molar-refractivity contribution in [1.29, 1.82) is 5.26 Å². The summed E-state index contributed by atoms with van der Waals surface area (Å²) in [5, 5.41) is 13.5. The van der Waals surface area contributed by atoms with Crippen molar-refractivity contribution in [3.8, 4) is 6.07 Å². The van der Waals surface area contributed by atoms with E-state index in [0.29, 0.717) is 17.8 Å². The third-order valence-electron chi connectivity index (χ3n) is 4.20. The molecule has 0 aliphatic rings. The molecular formula is C20H20N4O2S. The molecule has 7 heteroatoms. The van der Waals surface area contributed by atoms with Gasteiger partial charge < -0.3 is 5.32 Å². The van der Waals surface area contributed by atoms with Crippen LogP contribution < -0.4 is 10.0 Å². The third-order valence-corrected chi connectivity index (χ3v) is 5.68. The number of pyridine rings is 1. The summed E-state index contributed by atoms with van der Waals surface area (Å²) in [5.74, 6) is 0. The predicted octanol–water partition coefficient (Wildman–Crippen LogP) is 3.11. The lowest BCUT2D eigenvalue weighted by atomic mass is 10.0. The van der Waals surface area contributed by atoms with Crippen molar-refractivity contribution in [1.82, 2.24) is 9.71 Å². The first kappa shape index (κ1) is 18.8. The first-order valence-corrected chi connectivity index (χ1v) is 9.99. The van der Waals surface area contributed by atoms with Gasteiger partial charge in [-0.2, -0.15) is 5.26 Å². The van der Waals surface area contributed by atoms with Crippen LogP contribution in [0.4, 0.5) is 5.69 Å². The molecule has 3 rings (SSSR count). The number of aryl methyl sites for hydroxylation is 2. The number of hydrogen-bond donors (Lipinski definition) is 2. The normalized spacial score (nSPS) is 11.3. The van der Waals surface area contributed by atoms with Gasteiger partial charge in [0.2, 0.25) is 10.0 Å². The number of anilines is 1. The van der Waals surface area contributed by atoms with E-state index in [1.807, 2.05) is 26.0 Å². The second-order valence-corrected chi connectivity index (χ2v) is 8.04. The van der Waals surface area contributed by atoms with Crippen molar-refractivity contribution in [3.05, 3.63) is 65.4 Å². The molecule has 27 heavy (non-hydrogen) atoms. The molecule has 0 aliphatic carbocycles. The average Bonchev–Trinajstić information content (AvgIpc) is 2.65. The summed E-state index contributed by atoms with van der Waals surface area (Å²) in [6, 6.07) is 14.4. The molecule has 2 N–H and O–H groups in total. The minimum Gasteiger partial charge on any atom is -0.382 e. The van der Waals surface area contributed by atoms with E-state index in [4.69, 9.17) is 0 Å². The summed E-state index contributed by atoms with van der Waals surface area (Å²) in [6.07, 6.45) is 1.54. The van der Waals surface area contributed by atoms with Crippen LogP contribution in [-0.4, -0.2) is 26.5 Å². The Morgan fingerprint density at radius 2 is 1.85 bits per heavy atom. The van der Waals surface area contributed by atoms with Gasteiger partial charge in [0.05, 0.1) is 21.7 Å². The molecule has 0 aliphatic heterocycles. The molecule has 0 radical (unpaired) electrons. The van der Waals surface area contributed by atoms with E-state index in [0.717, 1.165) is 22.0 Å². The van der Waals surface area contributed by atoms with Crippen molar-refractivity contribution < 1.29 is 8.42 Å². The van der Waals surface area contributed by atoms with Crippen LogP contribution in [0.3, 0.4) is 0 Å². The topological polar surface area (TPSA) is 94.9 Å². The van der Waals surface area contributed by atoms with Crippen LogP contribution in [0.25, 0.3) is 10.9 Å². The van der Waals surface area contributed by atoms with Gasteiger partial charge in [-0.1, -0.05) is 29.8 Å². The van der Waals surface area contributed by atoms with Crippen molar-refractivity contribution >= 4 is 26.6 Å². The smallest absolute Gasteiger partial charge is 0.240 e. The largest absolute Gasteiger partial charge is 0.382 e. The number of hydrogen-bond acceptors (Lipinski definition) is 5. The fraction of sp³-hybridized carbons (Fsp3) is 0.200. The van der Waals surface area contributed by atoms with Gasteiger partial charge in [0, 0.05) is 24.7 Å². The van der Waals surface area contributed by atoms with E-state index in [9.17, 15) is 13.7 Å². The van der Waals surface area contributed by atoms with Crippen molar-refractivity contribution in [2.45, 2.75) is 18.7 Å². The maximum absolute atomic E-state index is 12.3. The second kappa shape index (κ2) is 7.74. The van der Waals surface area contributed by atoms with Gasteiger partial charge in [-0.15, -0.1) is 0 Å². The standard InChI is InChI=1S/C20H20N4O2S/c1-14-10-15(2)19-18(11-14)20(16(12-21)13-23-19)22-8-9-24-27(25,26)17-6-4-3-5-7-17/h3-7,10-11,13,24H,8-9H2,1-2H3,(H,22,23). The number of sulfonamides is 1. The summed E-state index contributed by atoms with van der Waals surface area (Å²) in [6.45, 7) is 4.50. The fourth-order valence-electron chi connectivity index (χ4n) is 2.99. The van der Waals surface area contributed by atoms with Crippen LogP contribution in [0.5, 0.6) is 0 Å². The van der Waals surface area contributed by atoms with E-state index >= 15 is 0 Å². The molecule has 3 aromatic rings. The summed E-state index contributed by atoms with van der Waals surface area (Å²) in [7, 11) is -3.55. The van der Waals surface area contributed by atoms with Crippen molar-refractivity contribution in [2.24, 2.45) is 0 Å². The third kappa shape index (κ3) is 4.08. The summed E-state index contributed by atoms with van der Waals surface area (Å²) in [5.41, 5.74) is 4.03. The molecule has 0 amide bonds. The number of aromatic nitrogens is 1. The first-order chi connectivity index (χ1) is 12.9. The highest BCUT2D eigenvalue weighted by molar-refractivity contribution is 7.89. The molecular weight excluding hydrogens is 360 g/mol. The fourth-order valence-corrected chi connectivity index (χ4v) is 4.04. The molecule has 2 aromatic carbocycles. The van der Waals surface area contributed by atoms with Crippen molar-refractivity contribution in [3.63, 3.8) is 0 Å². The number of nitrogens with one attached hydrogen (secondary N) is 2. The lowest BCUT2D eigenvalue weighted by molar-refractivity contribution is 0.583. The molecule has 0 bridgehead atoms. The van der Waals surface area contributed by atoms with E-state index in [1.54, 1.807) is 36.5 Å². The van der Waals surface area contributed by atoms with Gasteiger partial charge in [0.15, 0.2) is 0 Å². The number of rotatable bonds is 6. The number of fused-ring (bicyclic) bond motifs is 1. The minimum atomic E-state index is -3.55. The zero-order valence-electron chi connectivity index (χ0n) is 15.2. The van der Waals surface area contributed by atoms with Crippen LogP contribution in [0.15, 0.2) is 53.6 Å². The highest BCUT2D eigenvalue weighted by Gasteiger charge is 2.14. The Morgan fingerprint density at radius 3 is 2.56 bits per heavy atom. The van der Waals surface area contributed by atoms with Crippen LogP contribution in [0.2, 0.25) is 0 Å². The van der Waals surface area contributed by atoms with Gasteiger partial charge in [-0.25, -0.2) is 13.1 Å².